The number of Topliss-reactive ketones (excluding diaryl/α,β-unsaturated/α-hetero) is 1. The number of hydrogen-bond donors (Lipinski definition) is 0. The lowest BCUT2D eigenvalue weighted by molar-refractivity contribution is 0.0946. The van der Waals surface area contributed by atoms with Gasteiger partial charge in [-0.15, -0.1) is 0 Å². The molecule has 0 spiro atoms. The van der Waals surface area contributed by atoms with Crippen LogP contribution in [0.3, 0.4) is 0 Å². The van der Waals surface area contributed by atoms with Crippen LogP contribution in [0.2, 0.25) is 0 Å². The second-order valence-corrected chi connectivity index (χ2v) is 6.93. The van der Waals surface area contributed by atoms with E-state index in [4.69, 9.17) is 0 Å². The summed E-state index contributed by atoms with van der Waals surface area (Å²) in [7, 11) is 0. The van der Waals surface area contributed by atoms with E-state index in [1.54, 1.807) is 0 Å². The molecule has 0 aromatic heterocycles. The van der Waals surface area contributed by atoms with Gasteiger partial charge in [0.15, 0.2) is 5.78 Å². The number of rotatable bonds is 5. The van der Waals surface area contributed by atoms with Gasteiger partial charge in [0.25, 0.3) is 0 Å². The molecule has 1 aliphatic carbocycles. The Morgan fingerprint density at radius 3 is 2.65 bits per heavy atom. The molecule has 0 aliphatic heterocycles. The first-order valence-electron chi connectivity index (χ1n) is 8.09. The molecule has 0 N–H and O–H groups in total. The van der Waals surface area contributed by atoms with Crippen molar-refractivity contribution in [3.8, 4) is 0 Å². The van der Waals surface area contributed by atoms with E-state index < -0.39 is 0 Å². The Labute approximate surface area is 123 Å². The SMILES string of the molecule is CCC(C)CC(C)(CC)c1cccc2c1CC(C)C2=O. The highest BCUT2D eigenvalue weighted by Crippen LogP contribution is 2.41. The summed E-state index contributed by atoms with van der Waals surface area (Å²) in [6.45, 7) is 11.3. The standard InChI is InChI=1S/C19H28O/c1-6-13(3)12-19(5,7-2)17-10-8-9-15-16(17)11-14(4)18(15)20/h8-10,13-14H,6-7,11-12H2,1-5H3. The van der Waals surface area contributed by atoms with Gasteiger partial charge in [0.1, 0.15) is 0 Å². The van der Waals surface area contributed by atoms with Crippen molar-refractivity contribution >= 4 is 5.78 Å². The molecule has 0 fully saturated rings. The van der Waals surface area contributed by atoms with Crippen LogP contribution in [0, 0.1) is 11.8 Å². The normalized spacial score (nSPS) is 22.4. The van der Waals surface area contributed by atoms with Crippen molar-refractivity contribution in [2.24, 2.45) is 11.8 Å². The Kier molecular flexibility index (Phi) is 4.36. The van der Waals surface area contributed by atoms with E-state index in [1.165, 1.54) is 24.0 Å². The summed E-state index contributed by atoms with van der Waals surface area (Å²) in [6, 6.07) is 6.36. The van der Waals surface area contributed by atoms with Crippen LogP contribution in [0.5, 0.6) is 0 Å². The zero-order chi connectivity index (χ0) is 14.9. The van der Waals surface area contributed by atoms with Gasteiger partial charge in [0.2, 0.25) is 0 Å². The summed E-state index contributed by atoms with van der Waals surface area (Å²) < 4.78 is 0. The molecule has 0 radical (unpaired) electrons. The van der Waals surface area contributed by atoms with Gasteiger partial charge in [-0.25, -0.2) is 0 Å². The number of hydrogen-bond acceptors (Lipinski definition) is 1. The van der Waals surface area contributed by atoms with Crippen molar-refractivity contribution < 1.29 is 4.79 Å². The molecule has 1 aromatic carbocycles. The lowest BCUT2D eigenvalue weighted by Gasteiger charge is -2.33. The third-order valence-electron chi connectivity index (χ3n) is 5.33. The van der Waals surface area contributed by atoms with Crippen LogP contribution in [-0.4, -0.2) is 5.78 Å². The van der Waals surface area contributed by atoms with E-state index in [0.29, 0.717) is 5.78 Å². The zero-order valence-electron chi connectivity index (χ0n) is 13.6. The van der Waals surface area contributed by atoms with E-state index in [1.807, 2.05) is 6.07 Å². The Balaban J connectivity index is 2.45. The second kappa shape index (κ2) is 5.71. The predicted octanol–water partition coefficient (Wildman–Crippen LogP) is 5.17. The molecule has 1 heteroatoms. The summed E-state index contributed by atoms with van der Waals surface area (Å²) in [5.74, 6) is 1.23. The Morgan fingerprint density at radius 1 is 1.35 bits per heavy atom. The molecule has 3 atom stereocenters. The molecule has 20 heavy (non-hydrogen) atoms. The highest BCUT2D eigenvalue weighted by Gasteiger charge is 2.35. The topological polar surface area (TPSA) is 17.1 Å². The molecule has 2 rings (SSSR count). The average Bonchev–Trinajstić information content (AvgIpc) is 2.74. The molecule has 0 saturated carbocycles. The molecule has 110 valence electrons. The van der Waals surface area contributed by atoms with Crippen LogP contribution in [0.25, 0.3) is 0 Å². The lowest BCUT2D eigenvalue weighted by Crippen LogP contribution is -2.25. The first-order chi connectivity index (χ1) is 9.42. The smallest absolute Gasteiger partial charge is 0.166 e. The Morgan fingerprint density at radius 2 is 2.05 bits per heavy atom. The lowest BCUT2D eigenvalue weighted by atomic mass is 9.71. The fourth-order valence-corrected chi connectivity index (χ4v) is 3.63. The number of carbonyl (C=O) groups is 1. The van der Waals surface area contributed by atoms with E-state index in [0.717, 1.165) is 24.3 Å². The van der Waals surface area contributed by atoms with Crippen molar-refractivity contribution in [2.75, 3.05) is 0 Å². The maximum Gasteiger partial charge on any atom is 0.166 e. The highest BCUT2D eigenvalue weighted by molar-refractivity contribution is 6.02. The monoisotopic (exact) mass is 272 g/mol. The minimum absolute atomic E-state index is 0.163. The largest absolute Gasteiger partial charge is 0.294 e. The molecule has 0 amide bonds. The fraction of sp³-hybridized carbons (Fsp3) is 0.632. The van der Waals surface area contributed by atoms with Crippen molar-refractivity contribution in [2.45, 2.75) is 65.7 Å². The quantitative estimate of drug-likeness (QED) is 0.723. The molecule has 3 unspecified atom stereocenters. The van der Waals surface area contributed by atoms with Crippen molar-refractivity contribution in [3.05, 3.63) is 34.9 Å². The molecule has 0 heterocycles. The summed E-state index contributed by atoms with van der Waals surface area (Å²) in [5, 5.41) is 0. The number of fused-ring (bicyclic) bond motifs is 1. The van der Waals surface area contributed by atoms with Gasteiger partial charge in [-0.1, -0.05) is 59.2 Å². The van der Waals surface area contributed by atoms with Gasteiger partial charge >= 0.3 is 0 Å². The van der Waals surface area contributed by atoms with Crippen molar-refractivity contribution in [3.63, 3.8) is 0 Å². The van der Waals surface area contributed by atoms with Crippen molar-refractivity contribution in [1.29, 1.82) is 0 Å². The van der Waals surface area contributed by atoms with Crippen LogP contribution in [-0.2, 0) is 11.8 Å². The Bertz CT molecular complexity index is 502. The Hall–Kier alpha value is -1.11. The van der Waals surface area contributed by atoms with Crippen LogP contribution < -0.4 is 0 Å². The highest BCUT2D eigenvalue weighted by atomic mass is 16.1. The molecule has 0 saturated heterocycles. The van der Waals surface area contributed by atoms with E-state index >= 15 is 0 Å². The van der Waals surface area contributed by atoms with Crippen LogP contribution >= 0.6 is 0 Å². The van der Waals surface area contributed by atoms with Gasteiger partial charge in [0.05, 0.1) is 0 Å². The third kappa shape index (κ3) is 2.55. The summed E-state index contributed by atoms with van der Waals surface area (Å²) in [5.41, 5.74) is 3.94. The first kappa shape index (κ1) is 15.3. The van der Waals surface area contributed by atoms with Crippen LogP contribution in [0.4, 0.5) is 0 Å². The third-order valence-corrected chi connectivity index (χ3v) is 5.33. The second-order valence-electron chi connectivity index (χ2n) is 6.93. The van der Waals surface area contributed by atoms with Crippen LogP contribution in [0.1, 0.15) is 75.4 Å². The number of benzene rings is 1. The summed E-state index contributed by atoms with van der Waals surface area (Å²) in [6.07, 6.45) is 4.50. The average molecular weight is 272 g/mol. The van der Waals surface area contributed by atoms with Crippen molar-refractivity contribution in [1.82, 2.24) is 0 Å². The molecule has 1 nitrogen and oxygen atoms in total. The molecular formula is C19H28O. The van der Waals surface area contributed by atoms with Crippen LogP contribution in [0.15, 0.2) is 18.2 Å². The fourth-order valence-electron chi connectivity index (χ4n) is 3.63. The van der Waals surface area contributed by atoms with Gasteiger partial charge < -0.3 is 0 Å². The van der Waals surface area contributed by atoms with E-state index in [-0.39, 0.29) is 11.3 Å². The molecule has 0 bridgehead atoms. The summed E-state index contributed by atoms with van der Waals surface area (Å²) in [4.78, 5) is 12.2. The van der Waals surface area contributed by atoms with E-state index in [9.17, 15) is 4.79 Å². The van der Waals surface area contributed by atoms with Gasteiger partial charge in [-0.2, -0.15) is 0 Å². The predicted molar refractivity (Wildman–Crippen MR) is 85.4 cm³/mol. The number of carbonyl (C=O) groups excluding carboxylic acids is 1. The molecule has 1 aromatic rings. The van der Waals surface area contributed by atoms with Gasteiger partial charge in [-0.3, -0.25) is 4.79 Å². The molecule has 1 aliphatic rings. The van der Waals surface area contributed by atoms with E-state index in [2.05, 4.69) is 46.8 Å². The summed E-state index contributed by atoms with van der Waals surface area (Å²) >= 11 is 0. The maximum atomic E-state index is 12.2. The molecular weight excluding hydrogens is 244 g/mol. The maximum absolute atomic E-state index is 12.2. The zero-order valence-corrected chi connectivity index (χ0v) is 13.6. The minimum Gasteiger partial charge on any atom is -0.294 e. The number of ketones is 1. The van der Waals surface area contributed by atoms with Gasteiger partial charge in [0, 0.05) is 11.5 Å². The van der Waals surface area contributed by atoms with Gasteiger partial charge in [-0.05, 0) is 41.7 Å². The first-order valence-corrected chi connectivity index (χ1v) is 8.09. The minimum atomic E-state index is 0.163.